The molecule has 1 aliphatic carbocycles. The normalized spacial score (nSPS) is 24.9. The molecule has 0 saturated heterocycles. The van der Waals surface area contributed by atoms with Crippen LogP contribution >= 0.6 is 0 Å². The van der Waals surface area contributed by atoms with Crippen molar-refractivity contribution in [1.29, 1.82) is 0 Å². The summed E-state index contributed by atoms with van der Waals surface area (Å²) in [5.74, 6) is 1.47. The van der Waals surface area contributed by atoms with Crippen LogP contribution in [0.15, 0.2) is 0 Å². The number of rotatable bonds is 2. The van der Waals surface area contributed by atoms with E-state index in [9.17, 15) is 9.90 Å². The van der Waals surface area contributed by atoms with Crippen LogP contribution in [0.2, 0.25) is 0 Å². The number of hydrogen-bond donors (Lipinski definition) is 1. The van der Waals surface area contributed by atoms with Gasteiger partial charge >= 0.3 is 5.97 Å². The molecule has 86 valence electrons. The van der Waals surface area contributed by atoms with Crippen molar-refractivity contribution in [2.75, 3.05) is 0 Å². The highest BCUT2D eigenvalue weighted by Crippen LogP contribution is 2.38. The summed E-state index contributed by atoms with van der Waals surface area (Å²) in [6.07, 6.45) is 5.96. The predicted octanol–water partition coefficient (Wildman–Crippen LogP) is 1.51. The smallest absolute Gasteiger partial charge is 0.326 e. The molecule has 1 saturated carbocycles. The minimum atomic E-state index is -0.749. The Balaban J connectivity index is 2.01. The molecule has 1 aromatic heterocycles. The Morgan fingerprint density at radius 1 is 1.25 bits per heavy atom. The number of carbonyl (C=O) groups is 1. The van der Waals surface area contributed by atoms with Crippen molar-refractivity contribution >= 4 is 5.97 Å². The van der Waals surface area contributed by atoms with E-state index in [0.29, 0.717) is 12.3 Å². The number of aliphatic carboxylic acids is 1. The van der Waals surface area contributed by atoms with Crippen molar-refractivity contribution in [1.82, 2.24) is 14.8 Å². The molecular formula is C11H15N3O2. The SMILES string of the molecule is O=C(O)C1CCCc2nnc(C3CCC3)n21. The standard InChI is InChI=1S/C11H15N3O2/c15-11(16)8-5-2-6-9-12-13-10(14(8)9)7-3-1-4-7/h7-8H,1-6H2,(H,15,16). The van der Waals surface area contributed by atoms with E-state index in [2.05, 4.69) is 10.2 Å². The minimum Gasteiger partial charge on any atom is -0.480 e. The summed E-state index contributed by atoms with van der Waals surface area (Å²) in [5.41, 5.74) is 0. The van der Waals surface area contributed by atoms with Crippen molar-refractivity contribution in [3.8, 4) is 0 Å². The average molecular weight is 221 g/mol. The van der Waals surface area contributed by atoms with Crippen molar-refractivity contribution in [2.45, 2.75) is 50.5 Å². The Morgan fingerprint density at radius 3 is 2.69 bits per heavy atom. The van der Waals surface area contributed by atoms with Gasteiger partial charge in [0.1, 0.15) is 17.7 Å². The molecule has 3 rings (SSSR count). The molecular weight excluding hydrogens is 206 g/mol. The molecule has 0 amide bonds. The van der Waals surface area contributed by atoms with Gasteiger partial charge in [0.2, 0.25) is 0 Å². The molecule has 0 radical (unpaired) electrons. The molecule has 5 nitrogen and oxygen atoms in total. The van der Waals surface area contributed by atoms with Crippen molar-refractivity contribution in [3.05, 3.63) is 11.6 Å². The summed E-state index contributed by atoms with van der Waals surface area (Å²) in [6.45, 7) is 0. The molecule has 1 fully saturated rings. The third kappa shape index (κ3) is 1.34. The fraction of sp³-hybridized carbons (Fsp3) is 0.727. The number of hydrogen-bond acceptors (Lipinski definition) is 3. The van der Waals surface area contributed by atoms with Gasteiger partial charge in [-0.1, -0.05) is 6.42 Å². The first-order valence-corrected chi connectivity index (χ1v) is 5.94. The molecule has 0 bridgehead atoms. The van der Waals surface area contributed by atoms with Crippen LogP contribution in [0, 0.1) is 0 Å². The van der Waals surface area contributed by atoms with Crippen LogP contribution in [-0.4, -0.2) is 25.8 Å². The molecule has 2 heterocycles. The molecule has 5 heteroatoms. The van der Waals surface area contributed by atoms with Crippen molar-refractivity contribution in [2.24, 2.45) is 0 Å². The maximum atomic E-state index is 11.2. The zero-order valence-electron chi connectivity index (χ0n) is 9.09. The topological polar surface area (TPSA) is 68.0 Å². The predicted molar refractivity (Wildman–Crippen MR) is 56.2 cm³/mol. The summed E-state index contributed by atoms with van der Waals surface area (Å²) >= 11 is 0. The second kappa shape index (κ2) is 3.57. The maximum absolute atomic E-state index is 11.2. The number of aromatic nitrogens is 3. The van der Waals surface area contributed by atoms with E-state index in [0.717, 1.165) is 37.3 Å². The van der Waals surface area contributed by atoms with Crippen LogP contribution in [0.1, 0.15) is 55.7 Å². The van der Waals surface area contributed by atoms with Gasteiger partial charge in [-0.25, -0.2) is 4.79 Å². The summed E-state index contributed by atoms with van der Waals surface area (Å²) in [5, 5.41) is 17.6. The summed E-state index contributed by atoms with van der Waals surface area (Å²) < 4.78 is 1.88. The highest BCUT2D eigenvalue weighted by atomic mass is 16.4. The largest absolute Gasteiger partial charge is 0.480 e. The van der Waals surface area contributed by atoms with E-state index in [4.69, 9.17) is 0 Å². The van der Waals surface area contributed by atoms with Crippen LogP contribution in [0.4, 0.5) is 0 Å². The molecule has 2 aliphatic rings. The first kappa shape index (κ1) is 9.81. The third-order valence-electron chi connectivity index (χ3n) is 3.74. The fourth-order valence-corrected chi connectivity index (χ4v) is 2.61. The Bertz CT molecular complexity index is 423. The van der Waals surface area contributed by atoms with Gasteiger partial charge in [0.05, 0.1) is 0 Å². The second-order valence-electron chi connectivity index (χ2n) is 4.72. The molecule has 1 atom stereocenters. The zero-order chi connectivity index (χ0) is 11.1. The lowest BCUT2D eigenvalue weighted by atomic mass is 9.84. The van der Waals surface area contributed by atoms with Gasteiger partial charge in [0.25, 0.3) is 0 Å². The summed E-state index contributed by atoms with van der Waals surface area (Å²) in [6, 6.07) is -0.436. The molecule has 0 spiro atoms. The fourth-order valence-electron chi connectivity index (χ4n) is 2.61. The van der Waals surface area contributed by atoms with Gasteiger partial charge in [-0.3, -0.25) is 0 Å². The van der Waals surface area contributed by atoms with Crippen LogP contribution in [-0.2, 0) is 11.2 Å². The van der Waals surface area contributed by atoms with Crippen molar-refractivity contribution < 1.29 is 9.90 Å². The van der Waals surface area contributed by atoms with E-state index in [1.54, 1.807) is 0 Å². The Morgan fingerprint density at radius 2 is 2.06 bits per heavy atom. The van der Waals surface area contributed by atoms with Crippen LogP contribution in [0.25, 0.3) is 0 Å². The van der Waals surface area contributed by atoms with E-state index in [-0.39, 0.29) is 0 Å². The molecule has 1 aliphatic heterocycles. The molecule has 1 unspecified atom stereocenters. The molecule has 1 N–H and O–H groups in total. The van der Waals surface area contributed by atoms with Crippen LogP contribution in [0.5, 0.6) is 0 Å². The minimum absolute atomic E-state index is 0.436. The summed E-state index contributed by atoms with van der Waals surface area (Å²) in [4.78, 5) is 11.2. The number of aryl methyl sites for hydroxylation is 1. The van der Waals surface area contributed by atoms with E-state index >= 15 is 0 Å². The number of fused-ring (bicyclic) bond motifs is 1. The van der Waals surface area contributed by atoms with Crippen molar-refractivity contribution in [3.63, 3.8) is 0 Å². The quantitative estimate of drug-likeness (QED) is 0.821. The molecule has 0 aromatic carbocycles. The molecule has 1 aromatic rings. The Hall–Kier alpha value is -1.39. The van der Waals surface area contributed by atoms with Gasteiger partial charge in [-0.05, 0) is 25.7 Å². The Labute approximate surface area is 93.5 Å². The molecule has 16 heavy (non-hydrogen) atoms. The number of carboxylic acid groups (broad SMARTS) is 1. The average Bonchev–Trinajstić information content (AvgIpc) is 2.59. The van der Waals surface area contributed by atoms with Gasteiger partial charge < -0.3 is 9.67 Å². The van der Waals surface area contributed by atoms with E-state index in [1.807, 2.05) is 4.57 Å². The van der Waals surface area contributed by atoms with Crippen LogP contribution < -0.4 is 0 Å². The third-order valence-corrected chi connectivity index (χ3v) is 3.74. The maximum Gasteiger partial charge on any atom is 0.326 e. The van der Waals surface area contributed by atoms with Gasteiger partial charge in [0, 0.05) is 12.3 Å². The lowest BCUT2D eigenvalue weighted by Gasteiger charge is -2.29. The monoisotopic (exact) mass is 221 g/mol. The van der Waals surface area contributed by atoms with Gasteiger partial charge in [-0.2, -0.15) is 0 Å². The summed E-state index contributed by atoms with van der Waals surface area (Å²) in [7, 11) is 0. The highest BCUT2D eigenvalue weighted by Gasteiger charge is 2.34. The zero-order valence-corrected chi connectivity index (χ0v) is 9.09. The first-order chi connectivity index (χ1) is 7.77. The van der Waals surface area contributed by atoms with Crippen LogP contribution in [0.3, 0.4) is 0 Å². The highest BCUT2D eigenvalue weighted by molar-refractivity contribution is 5.72. The first-order valence-electron chi connectivity index (χ1n) is 5.94. The second-order valence-corrected chi connectivity index (χ2v) is 4.72. The van der Waals surface area contributed by atoms with Gasteiger partial charge in [-0.15, -0.1) is 10.2 Å². The number of nitrogens with zero attached hydrogens (tertiary/aromatic N) is 3. The Kier molecular flexibility index (Phi) is 2.19. The van der Waals surface area contributed by atoms with E-state index in [1.165, 1.54) is 6.42 Å². The number of carboxylic acids is 1. The lowest BCUT2D eigenvalue weighted by molar-refractivity contribution is -0.141. The lowest BCUT2D eigenvalue weighted by Crippen LogP contribution is -2.28. The van der Waals surface area contributed by atoms with Gasteiger partial charge in [0.15, 0.2) is 0 Å². The van der Waals surface area contributed by atoms with E-state index < -0.39 is 12.0 Å².